The van der Waals surface area contributed by atoms with Gasteiger partial charge >= 0.3 is 0 Å². The van der Waals surface area contributed by atoms with Crippen LogP contribution >= 0.6 is 0 Å². The van der Waals surface area contributed by atoms with E-state index >= 15 is 0 Å². The number of benzene rings is 2. The maximum atomic E-state index is 13.3. The molecule has 0 bridgehead atoms. The lowest BCUT2D eigenvalue weighted by Crippen LogP contribution is -2.60. The number of aromatic nitrogens is 3. The molecule has 2 amide bonds. The van der Waals surface area contributed by atoms with Gasteiger partial charge in [-0.3, -0.25) is 9.59 Å². The number of hydrogen-bond donors (Lipinski definition) is 0. The van der Waals surface area contributed by atoms with Crippen LogP contribution in [0.3, 0.4) is 0 Å². The first kappa shape index (κ1) is 21.7. The van der Waals surface area contributed by atoms with Crippen molar-refractivity contribution in [2.75, 3.05) is 19.6 Å². The molecule has 1 aromatic heterocycles. The summed E-state index contributed by atoms with van der Waals surface area (Å²) in [6.45, 7) is 7.41. The summed E-state index contributed by atoms with van der Waals surface area (Å²) in [5.41, 5.74) is 3.25. The van der Waals surface area contributed by atoms with Crippen molar-refractivity contribution >= 4 is 11.8 Å². The minimum atomic E-state index is -0.536. The van der Waals surface area contributed by atoms with Crippen LogP contribution in [-0.2, 0) is 22.6 Å². The van der Waals surface area contributed by atoms with E-state index < -0.39 is 6.04 Å². The molecule has 0 radical (unpaired) electrons. The first-order valence-corrected chi connectivity index (χ1v) is 11.1. The summed E-state index contributed by atoms with van der Waals surface area (Å²) in [5.74, 6) is 1.22. The number of piperazine rings is 1. The van der Waals surface area contributed by atoms with E-state index in [2.05, 4.69) is 28.3 Å². The minimum Gasteiger partial charge on any atom is -0.339 e. The van der Waals surface area contributed by atoms with Crippen LogP contribution in [0.5, 0.6) is 0 Å². The van der Waals surface area contributed by atoms with Crippen molar-refractivity contribution in [3.05, 3.63) is 71.8 Å². The third kappa shape index (κ3) is 4.42. The van der Waals surface area contributed by atoms with Gasteiger partial charge in [0.1, 0.15) is 24.2 Å². The lowest BCUT2D eigenvalue weighted by Gasteiger charge is -2.40. The Morgan fingerprint density at radius 1 is 1.03 bits per heavy atom. The third-order valence-corrected chi connectivity index (χ3v) is 6.05. The zero-order valence-corrected chi connectivity index (χ0v) is 18.9. The van der Waals surface area contributed by atoms with Crippen LogP contribution in [0.2, 0.25) is 0 Å². The first-order chi connectivity index (χ1) is 15.5. The van der Waals surface area contributed by atoms with Crippen molar-refractivity contribution in [1.29, 1.82) is 0 Å². The number of nitrogens with zero attached hydrogens (tertiary/aromatic N) is 5. The number of carbonyl (C=O) groups excluding carboxylic acids is 2. The Balaban J connectivity index is 1.64. The average molecular weight is 432 g/mol. The molecule has 166 valence electrons. The van der Waals surface area contributed by atoms with Gasteiger partial charge in [-0.2, -0.15) is 5.10 Å². The summed E-state index contributed by atoms with van der Waals surface area (Å²) in [4.78, 5) is 34.5. The Morgan fingerprint density at radius 2 is 1.75 bits per heavy atom. The molecule has 32 heavy (non-hydrogen) atoms. The molecule has 0 aliphatic carbocycles. The van der Waals surface area contributed by atoms with Gasteiger partial charge in [-0.15, -0.1) is 0 Å². The highest BCUT2D eigenvalue weighted by atomic mass is 16.2. The van der Waals surface area contributed by atoms with Gasteiger partial charge in [-0.1, -0.05) is 54.6 Å². The standard InChI is InChI=1S/C25H29N5O2/c1-4-28-14-15-29(24(31)17-30-19(3)26-18(2)27-30)23(25(28)32)16-21-12-8-9-13-22(21)20-10-6-5-7-11-20/h5-13,23H,4,14-17H2,1-3H3/t23-/m1/s1. The molecular weight excluding hydrogens is 402 g/mol. The zero-order valence-electron chi connectivity index (χ0n) is 18.9. The monoisotopic (exact) mass is 431 g/mol. The average Bonchev–Trinajstić information content (AvgIpc) is 3.12. The number of likely N-dealkylation sites (N-methyl/N-ethyl adjacent to an activating group) is 1. The lowest BCUT2D eigenvalue weighted by atomic mass is 9.93. The fraction of sp³-hybridized carbons (Fsp3) is 0.360. The molecule has 0 N–H and O–H groups in total. The number of hydrogen-bond acceptors (Lipinski definition) is 4. The van der Waals surface area contributed by atoms with E-state index in [-0.39, 0.29) is 18.4 Å². The molecule has 3 aromatic rings. The summed E-state index contributed by atoms with van der Waals surface area (Å²) < 4.78 is 1.61. The first-order valence-electron chi connectivity index (χ1n) is 11.1. The van der Waals surface area contributed by atoms with E-state index in [1.165, 1.54) is 0 Å². The van der Waals surface area contributed by atoms with Crippen LogP contribution in [-0.4, -0.2) is 62.1 Å². The summed E-state index contributed by atoms with van der Waals surface area (Å²) in [7, 11) is 0. The predicted molar refractivity (Wildman–Crippen MR) is 123 cm³/mol. The fourth-order valence-electron chi connectivity index (χ4n) is 4.38. The van der Waals surface area contributed by atoms with Crippen molar-refractivity contribution in [1.82, 2.24) is 24.6 Å². The van der Waals surface area contributed by atoms with Gasteiger partial charge in [0.15, 0.2) is 0 Å². The van der Waals surface area contributed by atoms with Gasteiger partial charge in [0.05, 0.1) is 0 Å². The molecule has 7 heteroatoms. The maximum Gasteiger partial charge on any atom is 0.245 e. The van der Waals surface area contributed by atoms with Crippen LogP contribution < -0.4 is 0 Å². The molecule has 0 unspecified atom stereocenters. The summed E-state index contributed by atoms with van der Waals surface area (Å²) >= 11 is 0. The highest BCUT2D eigenvalue weighted by Crippen LogP contribution is 2.27. The molecule has 0 saturated carbocycles. The van der Waals surface area contributed by atoms with Crippen molar-refractivity contribution in [2.45, 2.75) is 39.8 Å². The molecule has 4 rings (SSSR count). The Morgan fingerprint density at radius 3 is 2.44 bits per heavy atom. The van der Waals surface area contributed by atoms with E-state index in [9.17, 15) is 9.59 Å². The molecule has 1 saturated heterocycles. The van der Waals surface area contributed by atoms with E-state index in [1.807, 2.05) is 55.1 Å². The van der Waals surface area contributed by atoms with Gasteiger partial charge in [0, 0.05) is 26.1 Å². The third-order valence-electron chi connectivity index (χ3n) is 6.05. The highest BCUT2D eigenvalue weighted by Gasteiger charge is 2.37. The molecule has 7 nitrogen and oxygen atoms in total. The van der Waals surface area contributed by atoms with Crippen LogP contribution in [0.25, 0.3) is 11.1 Å². The van der Waals surface area contributed by atoms with Crippen molar-refractivity contribution in [3.63, 3.8) is 0 Å². The molecule has 0 spiro atoms. The SMILES string of the molecule is CCN1CCN(C(=O)Cn2nc(C)nc2C)[C@H](Cc2ccccc2-c2ccccc2)C1=O. The minimum absolute atomic E-state index is 0.00135. The molecule has 1 atom stereocenters. The van der Waals surface area contributed by atoms with E-state index in [1.54, 1.807) is 16.5 Å². The molecule has 1 fully saturated rings. The second-order valence-electron chi connectivity index (χ2n) is 8.11. The van der Waals surface area contributed by atoms with E-state index in [0.717, 1.165) is 16.7 Å². The molecular formula is C25H29N5O2. The Labute approximate surface area is 188 Å². The summed E-state index contributed by atoms with van der Waals surface area (Å²) in [6.07, 6.45) is 0.474. The van der Waals surface area contributed by atoms with Crippen molar-refractivity contribution in [3.8, 4) is 11.1 Å². The van der Waals surface area contributed by atoms with Gasteiger partial charge in [-0.25, -0.2) is 9.67 Å². The highest BCUT2D eigenvalue weighted by molar-refractivity contribution is 5.89. The van der Waals surface area contributed by atoms with Crippen LogP contribution in [0.15, 0.2) is 54.6 Å². The Kier molecular flexibility index (Phi) is 6.35. The van der Waals surface area contributed by atoms with Gasteiger partial charge in [0.25, 0.3) is 0 Å². The normalized spacial score (nSPS) is 16.5. The Hall–Kier alpha value is -3.48. The van der Waals surface area contributed by atoms with Gasteiger partial charge in [0.2, 0.25) is 11.8 Å². The largest absolute Gasteiger partial charge is 0.339 e. The van der Waals surface area contributed by atoms with Crippen LogP contribution in [0, 0.1) is 13.8 Å². The van der Waals surface area contributed by atoms with Crippen molar-refractivity contribution in [2.24, 2.45) is 0 Å². The quantitative estimate of drug-likeness (QED) is 0.602. The molecule has 2 heterocycles. The van der Waals surface area contributed by atoms with E-state index in [0.29, 0.717) is 37.7 Å². The number of rotatable bonds is 6. The summed E-state index contributed by atoms with van der Waals surface area (Å²) in [5, 5.41) is 4.32. The number of aryl methyl sites for hydroxylation is 2. The van der Waals surface area contributed by atoms with Gasteiger partial charge in [-0.05, 0) is 37.5 Å². The lowest BCUT2D eigenvalue weighted by molar-refractivity contribution is -0.151. The Bertz CT molecular complexity index is 1110. The van der Waals surface area contributed by atoms with Crippen LogP contribution in [0.4, 0.5) is 0 Å². The smallest absolute Gasteiger partial charge is 0.245 e. The fourth-order valence-corrected chi connectivity index (χ4v) is 4.38. The topological polar surface area (TPSA) is 71.3 Å². The van der Waals surface area contributed by atoms with E-state index in [4.69, 9.17) is 0 Å². The predicted octanol–water partition coefficient (Wildman–Crippen LogP) is 2.86. The maximum absolute atomic E-state index is 13.3. The van der Waals surface area contributed by atoms with Gasteiger partial charge < -0.3 is 9.80 Å². The second-order valence-corrected chi connectivity index (χ2v) is 8.11. The molecule has 2 aromatic carbocycles. The zero-order chi connectivity index (χ0) is 22.7. The van der Waals surface area contributed by atoms with Crippen molar-refractivity contribution < 1.29 is 9.59 Å². The second kappa shape index (κ2) is 9.34. The summed E-state index contributed by atoms with van der Waals surface area (Å²) in [6, 6.07) is 17.7. The molecule has 1 aliphatic heterocycles. The number of amides is 2. The number of carbonyl (C=O) groups is 2. The van der Waals surface area contributed by atoms with Crippen LogP contribution in [0.1, 0.15) is 24.1 Å². The molecule has 1 aliphatic rings.